The smallest absolute Gasteiger partial charge is 0.0541 e. The second-order valence-corrected chi connectivity index (χ2v) is 16.2. The van der Waals surface area contributed by atoms with Gasteiger partial charge in [-0.1, -0.05) is 170 Å². The number of fused-ring (bicyclic) bond motifs is 7. The van der Waals surface area contributed by atoms with Crippen molar-refractivity contribution in [2.45, 2.75) is 0 Å². The molecule has 0 N–H and O–H groups in total. The Hall–Kier alpha value is -8.20. The molecule has 0 fully saturated rings. The van der Waals surface area contributed by atoms with E-state index in [4.69, 9.17) is 0 Å². The Morgan fingerprint density at radius 3 is 1.47 bits per heavy atom. The molecule has 0 bridgehead atoms. The van der Waals surface area contributed by atoms with Gasteiger partial charge in [0.05, 0.1) is 11.0 Å². The lowest BCUT2D eigenvalue weighted by Gasteiger charge is -2.26. The van der Waals surface area contributed by atoms with Gasteiger partial charge in [-0.15, -0.1) is 0 Å². The number of nitrogens with zero attached hydrogens (tertiary/aromatic N) is 2. The third-order valence-electron chi connectivity index (χ3n) is 12.5. The molecule has 11 aromatic carbocycles. The Morgan fingerprint density at radius 2 is 0.774 bits per heavy atom. The van der Waals surface area contributed by atoms with E-state index in [9.17, 15) is 0 Å². The predicted molar refractivity (Wildman–Crippen MR) is 264 cm³/mol. The Kier molecular flexibility index (Phi) is 8.53. The van der Waals surface area contributed by atoms with Crippen molar-refractivity contribution in [2.75, 3.05) is 4.90 Å². The summed E-state index contributed by atoms with van der Waals surface area (Å²) in [7, 11) is 0. The maximum Gasteiger partial charge on any atom is 0.0541 e. The first-order chi connectivity index (χ1) is 30.7. The van der Waals surface area contributed by atoms with Gasteiger partial charge in [-0.2, -0.15) is 0 Å². The number of para-hydroxylation sites is 2. The molecule has 0 aliphatic heterocycles. The highest BCUT2D eigenvalue weighted by Crippen LogP contribution is 2.41. The van der Waals surface area contributed by atoms with Crippen molar-refractivity contribution in [1.29, 1.82) is 0 Å². The molecule has 12 aromatic rings. The lowest BCUT2D eigenvalue weighted by Crippen LogP contribution is -2.10. The largest absolute Gasteiger partial charge is 0.310 e. The molecule has 2 heteroatoms. The van der Waals surface area contributed by atoms with E-state index in [-0.39, 0.29) is 0 Å². The van der Waals surface area contributed by atoms with Crippen LogP contribution in [0.25, 0.3) is 93.2 Å². The van der Waals surface area contributed by atoms with E-state index < -0.39 is 0 Å². The summed E-state index contributed by atoms with van der Waals surface area (Å²) in [5.41, 5.74) is 14.0. The molecule has 1 heterocycles. The number of rotatable bonds is 7. The number of benzene rings is 11. The van der Waals surface area contributed by atoms with Crippen molar-refractivity contribution >= 4 is 71.2 Å². The van der Waals surface area contributed by atoms with E-state index in [0.29, 0.717) is 0 Å². The molecule has 0 saturated carbocycles. The molecular formula is C60H40N2. The summed E-state index contributed by atoms with van der Waals surface area (Å²) in [4.78, 5) is 2.38. The van der Waals surface area contributed by atoms with Crippen LogP contribution in [0, 0.1) is 0 Å². The minimum absolute atomic E-state index is 1.09. The molecule has 1 aromatic heterocycles. The van der Waals surface area contributed by atoms with Crippen LogP contribution in [0.1, 0.15) is 0 Å². The quantitative estimate of drug-likeness (QED) is 0.146. The van der Waals surface area contributed by atoms with Gasteiger partial charge in [0.2, 0.25) is 0 Å². The predicted octanol–water partition coefficient (Wildman–Crippen LogP) is 16.7. The molecule has 2 nitrogen and oxygen atoms in total. The highest BCUT2D eigenvalue weighted by molar-refractivity contribution is 6.14. The summed E-state index contributed by atoms with van der Waals surface area (Å²) >= 11 is 0. The third kappa shape index (κ3) is 6.12. The molecule has 0 aliphatic carbocycles. The summed E-state index contributed by atoms with van der Waals surface area (Å²) in [5, 5.41) is 10.1. The first-order valence-electron chi connectivity index (χ1n) is 21.3. The maximum atomic E-state index is 2.39. The van der Waals surface area contributed by atoms with E-state index in [1.54, 1.807) is 0 Å². The molecule has 12 rings (SSSR count). The van der Waals surface area contributed by atoms with Crippen LogP contribution in [0.15, 0.2) is 243 Å². The fourth-order valence-electron chi connectivity index (χ4n) is 9.55. The summed E-state index contributed by atoms with van der Waals surface area (Å²) in [5.74, 6) is 0. The van der Waals surface area contributed by atoms with Crippen LogP contribution in [0.5, 0.6) is 0 Å². The zero-order chi connectivity index (χ0) is 41.0. The Morgan fingerprint density at radius 1 is 0.258 bits per heavy atom. The first-order valence-corrected chi connectivity index (χ1v) is 21.3. The van der Waals surface area contributed by atoms with E-state index >= 15 is 0 Å². The van der Waals surface area contributed by atoms with Gasteiger partial charge >= 0.3 is 0 Å². The lowest BCUT2D eigenvalue weighted by atomic mass is 9.93. The van der Waals surface area contributed by atoms with Gasteiger partial charge in [0.1, 0.15) is 0 Å². The third-order valence-corrected chi connectivity index (χ3v) is 12.5. The number of hydrogen-bond donors (Lipinski definition) is 0. The molecule has 0 atom stereocenters. The lowest BCUT2D eigenvalue weighted by molar-refractivity contribution is 1.18. The van der Waals surface area contributed by atoms with Gasteiger partial charge in [-0.05, 0) is 138 Å². The van der Waals surface area contributed by atoms with Crippen LogP contribution in [-0.2, 0) is 0 Å². The van der Waals surface area contributed by atoms with Gasteiger partial charge < -0.3 is 9.47 Å². The van der Waals surface area contributed by atoms with Gasteiger partial charge in [-0.25, -0.2) is 0 Å². The van der Waals surface area contributed by atoms with Crippen molar-refractivity contribution in [1.82, 2.24) is 4.57 Å². The van der Waals surface area contributed by atoms with E-state index in [2.05, 4.69) is 252 Å². The molecule has 0 radical (unpaired) electrons. The van der Waals surface area contributed by atoms with Crippen molar-refractivity contribution < 1.29 is 0 Å². The molecule has 0 spiro atoms. The average molecular weight is 789 g/mol. The minimum atomic E-state index is 1.09. The highest BCUT2D eigenvalue weighted by atomic mass is 15.1. The Bertz CT molecular complexity index is 3580. The summed E-state index contributed by atoms with van der Waals surface area (Å²) in [6.45, 7) is 0. The van der Waals surface area contributed by atoms with Gasteiger partial charge in [0, 0.05) is 33.5 Å². The average Bonchev–Trinajstić information content (AvgIpc) is 3.69. The zero-order valence-corrected chi connectivity index (χ0v) is 34.0. The monoisotopic (exact) mass is 788 g/mol. The van der Waals surface area contributed by atoms with E-state index in [1.165, 1.54) is 87.5 Å². The number of hydrogen-bond acceptors (Lipinski definition) is 1. The molecule has 0 amide bonds. The second kappa shape index (κ2) is 14.8. The summed E-state index contributed by atoms with van der Waals surface area (Å²) in [6.07, 6.45) is 0. The van der Waals surface area contributed by atoms with E-state index in [0.717, 1.165) is 22.7 Å². The first kappa shape index (κ1) is 35.7. The molecular weight excluding hydrogens is 749 g/mol. The van der Waals surface area contributed by atoms with Gasteiger partial charge in [0.25, 0.3) is 0 Å². The van der Waals surface area contributed by atoms with Crippen molar-refractivity contribution in [3.8, 4) is 39.1 Å². The fourth-order valence-corrected chi connectivity index (χ4v) is 9.55. The molecule has 0 aliphatic rings. The molecule has 62 heavy (non-hydrogen) atoms. The van der Waals surface area contributed by atoms with Gasteiger partial charge in [0.15, 0.2) is 0 Å². The maximum absolute atomic E-state index is 2.39. The zero-order valence-electron chi connectivity index (χ0n) is 34.0. The fraction of sp³-hybridized carbons (Fsp3) is 0. The number of aromatic nitrogens is 1. The SMILES string of the molecule is c1cc(-c2cc3ccccc3c3ccccc23)cc(N(c2ccc(-c3cccc(-n4c5ccccc5c5ccccc54)c3)cc2)c2ccc(-c3ccc4ccccc4c3)cc2)c1. The van der Waals surface area contributed by atoms with Crippen LogP contribution in [0.3, 0.4) is 0 Å². The highest BCUT2D eigenvalue weighted by Gasteiger charge is 2.17. The molecule has 0 saturated heterocycles. The van der Waals surface area contributed by atoms with Crippen LogP contribution in [-0.4, -0.2) is 4.57 Å². The number of anilines is 3. The molecule has 0 unspecified atom stereocenters. The van der Waals surface area contributed by atoms with Crippen LogP contribution < -0.4 is 4.90 Å². The summed E-state index contributed by atoms with van der Waals surface area (Å²) < 4.78 is 2.39. The van der Waals surface area contributed by atoms with Gasteiger partial charge in [-0.3, -0.25) is 0 Å². The van der Waals surface area contributed by atoms with Crippen LogP contribution >= 0.6 is 0 Å². The molecule has 290 valence electrons. The van der Waals surface area contributed by atoms with Crippen LogP contribution in [0.2, 0.25) is 0 Å². The Labute approximate surface area is 360 Å². The van der Waals surface area contributed by atoms with E-state index in [1.807, 2.05) is 0 Å². The minimum Gasteiger partial charge on any atom is -0.310 e. The normalized spacial score (nSPS) is 11.5. The van der Waals surface area contributed by atoms with Crippen molar-refractivity contribution in [3.63, 3.8) is 0 Å². The Balaban J connectivity index is 0.961. The standard InChI is InChI=1S/C60H40N2/c1-2-14-44-37-46(28-27-41(44)13-1)43-31-35-50(36-32-43)61(51-18-12-17-47(39-51)58-40-48-15-3-4-20-53(48)54-21-5-6-22-55(54)58)49-33-29-42(30-34-49)45-16-11-19-52(38-45)62-59-25-9-7-23-56(59)57-24-8-10-26-60(57)62/h1-40H. The topological polar surface area (TPSA) is 8.17 Å². The van der Waals surface area contributed by atoms with Crippen LogP contribution in [0.4, 0.5) is 17.1 Å². The van der Waals surface area contributed by atoms with Crippen molar-refractivity contribution in [2.24, 2.45) is 0 Å². The summed E-state index contributed by atoms with van der Waals surface area (Å²) in [6, 6.07) is 88.5. The second-order valence-electron chi connectivity index (χ2n) is 16.2. The van der Waals surface area contributed by atoms with Crippen molar-refractivity contribution in [3.05, 3.63) is 243 Å².